The Morgan fingerprint density at radius 2 is 1.57 bits per heavy atom. The molecular formula is C29H43N3O3. The van der Waals surface area contributed by atoms with Crippen LogP contribution in [-0.2, 0) is 9.59 Å². The predicted molar refractivity (Wildman–Crippen MR) is 142 cm³/mol. The standard InChI is InChI=1S/C29H43N3O3/c1-6-10-21(4)19-35-25-15-13-24(14-16-25)27(18-31-29(34)26(30)17-20(2)3)32-28(33)22(5)23-11-8-7-9-12-23/h7-9,11-16,20-22,26-27H,6,10,17-19,30H2,1-5H3,(H,31,34)(H,32,33)/t21?,22-,26+,27+/m0/s1. The van der Waals surface area contributed by atoms with Gasteiger partial charge in [-0.1, -0.05) is 76.6 Å². The van der Waals surface area contributed by atoms with Crippen LogP contribution in [0.2, 0.25) is 0 Å². The molecule has 2 aromatic rings. The SMILES string of the molecule is CCCC(C)COc1ccc([C@@H](CNC(=O)[C@H](N)CC(C)C)NC(=O)[C@@H](C)c2ccccc2)cc1. The fraction of sp³-hybridized carbons (Fsp3) is 0.517. The lowest BCUT2D eigenvalue weighted by Gasteiger charge is -2.24. The lowest BCUT2D eigenvalue weighted by molar-refractivity contribution is -0.125. The van der Waals surface area contributed by atoms with Crippen molar-refractivity contribution in [2.24, 2.45) is 17.6 Å². The van der Waals surface area contributed by atoms with Crippen LogP contribution in [-0.4, -0.2) is 31.0 Å². The molecule has 0 heterocycles. The maximum atomic E-state index is 13.1. The van der Waals surface area contributed by atoms with Crippen LogP contribution < -0.4 is 21.1 Å². The van der Waals surface area contributed by atoms with Crippen molar-refractivity contribution in [3.05, 3.63) is 65.7 Å². The van der Waals surface area contributed by atoms with Crippen molar-refractivity contribution < 1.29 is 14.3 Å². The molecule has 192 valence electrons. The number of hydrogen-bond donors (Lipinski definition) is 3. The summed E-state index contributed by atoms with van der Waals surface area (Å²) in [5.74, 6) is 0.985. The molecule has 2 aromatic carbocycles. The van der Waals surface area contributed by atoms with Crippen molar-refractivity contribution >= 4 is 11.8 Å². The van der Waals surface area contributed by atoms with Crippen LogP contribution in [0.3, 0.4) is 0 Å². The van der Waals surface area contributed by atoms with Gasteiger partial charge in [-0.15, -0.1) is 0 Å². The van der Waals surface area contributed by atoms with E-state index in [0.29, 0.717) is 24.9 Å². The highest BCUT2D eigenvalue weighted by atomic mass is 16.5. The first-order valence-electron chi connectivity index (χ1n) is 12.8. The largest absolute Gasteiger partial charge is 0.493 e. The summed E-state index contributed by atoms with van der Waals surface area (Å²) in [6.45, 7) is 11.2. The van der Waals surface area contributed by atoms with Gasteiger partial charge < -0.3 is 21.1 Å². The summed E-state index contributed by atoms with van der Waals surface area (Å²) in [6.07, 6.45) is 2.87. The number of amides is 2. The Kier molecular flexibility index (Phi) is 11.8. The predicted octanol–water partition coefficient (Wildman–Crippen LogP) is 4.95. The Balaban J connectivity index is 2.11. The molecule has 0 aromatic heterocycles. The summed E-state index contributed by atoms with van der Waals surface area (Å²) in [7, 11) is 0. The third-order valence-corrected chi connectivity index (χ3v) is 6.15. The fourth-order valence-corrected chi connectivity index (χ4v) is 4.00. The highest BCUT2D eigenvalue weighted by molar-refractivity contribution is 5.84. The molecule has 0 spiro atoms. The Morgan fingerprint density at radius 1 is 0.914 bits per heavy atom. The van der Waals surface area contributed by atoms with E-state index in [-0.39, 0.29) is 24.3 Å². The monoisotopic (exact) mass is 481 g/mol. The minimum atomic E-state index is -0.574. The van der Waals surface area contributed by atoms with E-state index < -0.39 is 12.1 Å². The highest BCUT2D eigenvalue weighted by Gasteiger charge is 2.22. The van der Waals surface area contributed by atoms with Crippen LogP contribution in [0, 0.1) is 11.8 Å². The van der Waals surface area contributed by atoms with Crippen molar-refractivity contribution in [2.75, 3.05) is 13.2 Å². The molecule has 0 saturated heterocycles. The summed E-state index contributed by atoms with van der Waals surface area (Å²) < 4.78 is 5.93. The molecule has 0 fully saturated rings. The van der Waals surface area contributed by atoms with Crippen molar-refractivity contribution in [1.29, 1.82) is 0 Å². The summed E-state index contributed by atoms with van der Waals surface area (Å²) in [5.41, 5.74) is 7.89. The maximum absolute atomic E-state index is 13.1. The second-order valence-corrected chi connectivity index (χ2v) is 9.95. The maximum Gasteiger partial charge on any atom is 0.237 e. The fourth-order valence-electron chi connectivity index (χ4n) is 4.00. The van der Waals surface area contributed by atoms with Crippen LogP contribution in [0.5, 0.6) is 5.75 Å². The van der Waals surface area contributed by atoms with Gasteiger partial charge in [0, 0.05) is 6.54 Å². The average molecular weight is 482 g/mol. The van der Waals surface area contributed by atoms with Crippen molar-refractivity contribution in [3.8, 4) is 5.75 Å². The van der Waals surface area contributed by atoms with Crippen molar-refractivity contribution in [2.45, 2.75) is 71.9 Å². The molecule has 0 aliphatic carbocycles. The lowest BCUT2D eigenvalue weighted by Crippen LogP contribution is -2.45. The quantitative estimate of drug-likeness (QED) is 0.356. The molecule has 6 heteroatoms. The van der Waals surface area contributed by atoms with Gasteiger partial charge in [0.2, 0.25) is 11.8 Å². The topological polar surface area (TPSA) is 93.4 Å². The van der Waals surface area contributed by atoms with Gasteiger partial charge in [0.25, 0.3) is 0 Å². The van der Waals surface area contributed by atoms with Crippen LogP contribution in [0.15, 0.2) is 54.6 Å². The number of hydrogen-bond acceptors (Lipinski definition) is 4. The summed E-state index contributed by atoms with van der Waals surface area (Å²) in [4.78, 5) is 25.6. The zero-order valence-corrected chi connectivity index (χ0v) is 21.9. The van der Waals surface area contributed by atoms with E-state index in [2.05, 4.69) is 24.5 Å². The number of carbonyl (C=O) groups is 2. The highest BCUT2D eigenvalue weighted by Crippen LogP contribution is 2.21. The first kappa shape index (κ1) is 28.4. The van der Waals surface area contributed by atoms with Gasteiger partial charge in [-0.25, -0.2) is 0 Å². The summed E-state index contributed by atoms with van der Waals surface area (Å²) in [6, 6.07) is 16.4. The van der Waals surface area contributed by atoms with Crippen LogP contribution in [0.1, 0.15) is 77.0 Å². The van der Waals surface area contributed by atoms with E-state index in [1.54, 1.807) is 0 Å². The Labute approximate surface area is 211 Å². The first-order chi connectivity index (χ1) is 16.7. The summed E-state index contributed by atoms with van der Waals surface area (Å²) in [5, 5.41) is 6.05. The number of ether oxygens (including phenoxy) is 1. The number of nitrogens with one attached hydrogen (secondary N) is 2. The zero-order valence-electron chi connectivity index (χ0n) is 21.9. The van der Waals surface area contributed by atoms with Gasteiger partial charge >= 0.3 is 0 Å². The first-order valence-corrected chi connectivity index (χ1v) is 12.8. The molecule has 2 amide bonds. The number of nitrogens with two attached hydrogens (primary N) is 1. The van der Waals surface area contributed by atoms with E-state index >= 15 is 0 Å². The average Bonchev–Trinajstić information content (AvgIpc) is 2.85. The molecule has 0 radical (unpaired) electrons. The van der Waals surface area contributed by atoms with E-state index in [4.69, 9.17) is 10.5 Å². The molecule has 0 aliphatic rings. The smallest absolute Gasteiger partial charge is 0.237 e. The number of benzene rings is 2. The molecule has 2 rings (SSSR count). The molecule has 0 aliphatic heterocycles. The second kappa shape index (κ2) is 14.5. The minimum Gasteiger partial charge on any atom is -0.493 e. The molecule has 4 N–H and O–H groups in total. The molecule has 1 unspecified atom stereocenters. The minimum absolute atomic E-state index is 0.101. The number of carbonyl (C=O) groups excluding carboxylic acids is 2. The molecule has 6 nitrogen and oxygen atoms in total. The van der Waals surface area contributed by atoms with Crippen LogP contribution in [0.25, 0.3) is 0 Å². The normalized spacial score (nSPS) is 14.6. The molecule has 4 atom stereocenters. The van der Waals surface area contributed by atoms with Gasteiger partial charge in [-0.3, -0.25) is 9.59 Å². The van der Waals surface area contributed by atoms with Gasteiger partial charge in [-0.05, 0) is 54.9 Å². The van der Waals surface area contributed by atoms with Crippen molar-refractivity contribution in [3.63, 3.8) is 0 Å². The Bertz CT molecular complexity index is 899. The lowest BCUT2D eigenvalue weighted by atomic mass is 9.99. The van der Waals surface area contributed by atoms with Gasteiger partial charge in [-0.2, -0.15) is 0 Å². The van der Waals surface area contributed by atoms with Gasteiger partial charge in [0.1, 0.15) is 5.75 Å². The van der Waals surface area contributed by atoms with Crippen LogP contribution >= 0.6 is 0 Å². The Morgan fingerprint density at radius 3 is 2.17 bits per heavy atom. The molecule has 0 bridgehead atoms. The molecule has 35 heavy (non-hydrogen) atoms. The van der Waals surface area contributed by atoms with E-state index in [1.165, 1.54) is 0 Å². The Hall–Kier alpha value is -2.86. The van der Waals surface area contributed by atoms with E-state index in [1.807, 2.05) is 75.4 Å². The molecular weight excluding hydrogens is 438 g/mol. The van der Waals surface area contributed by atoms with E-state index in [0.717, 1.165) is 29.7 Å². The second-order valence-electron chi connectivity index (χ2n) is 9.95. The van der Waals surface area contributed by atoms with Crippen LogP contribution in [0.4, 0.5) is 0 Å². The third-order valence-electron chi connectivity index (χ3n) is 6.15. The zero-order chi connectivity index (χ0) is 25.8. The van der Waals surface area contributed by atoms with Gasteiger partial charge in [0.15, 0.2) is 0 Å². The molecule has 0 saturated carbocycles. The number of rotatable bonds is 14. The van der Waals surface area contributed by atoms with E-state index in [9.17, 15) is 9.59 Å². The summed E-state index contributed by atoms with van der Waals surface area (Å²) >= 11 is 0. The van der Waals surface area contributed by atoms with Gasteiger partial charge in [0.05, 0.1) is 24.6 Å². The van der Waals surface area contributed by atoms with Crippen molar-refractivity contribution in [1.82, 2.24) is 10.6 Å². The third kappa shape index (κ3) is 9.73.